The molecule has 3 aliphatic rings. The summed E-state index contributed by atoms with van der Waals surface area (Å²) in [4.78, 5) is 49.0. The standard InChI is InChI=1S/C21H30N4O3/c1-14(26)25-11-6-5-9-18(25)19-22-17-10-12-24(13-16(17)20(27)23-19)21(28)15-7-3-2-4-8-15/h15,18H,2-13H2,1H3,(H,22,23,27). The SMILES string of the molecule is CC(=O)N1CCCCC1c1nc2c(c(=O)[nH]1)CN(C(=O)C1CCCCC1)CC2. The number of nitrogens with zero attached hydrogens (tertiary/aromatic N) is 3. The number of fused-ring (bicyclic) bond motifs is 1. The van der Waals surface area contributed by atoms with Crippen LogP contribution >= 0.6 is 0 Å². The van der Waals surface area contributed by atoms with Gasteiger partial charge in [-0.05, 0) is 32.1 Å². The molecule has 1 aromatic heterocycles. The van der Waals surface area contributed by atoms with Gasteiger partial charge in [0.25, 0.3) is 5.56 Å². The van der Waals surface area contributed by atoms with Crippen molar-refractivity contribution >= 4 is 11.8 Å². The number of nitrogens with one attached hydrogen (secondary N) is 1. The van der Waals surface area contributed by atoms with Crippen LogP contribution in [-0.4, -0.2) is 44.7 Å². The summed E-state index contributed by atoms with van der Waals surface area (Å²) in [6.07, 6.45) is 8.86. The highest BCUT2D eigenvalue weighted by Gasteiger charge is 2.32. The predicted octanol–water partition coefficient (Wildman–Crippen LogP) is 2.31. The maximum atomic E-state index is 12.9. The molecule has 0 aromatic carbocycles. The van der Waals surface area contributed by atoms with E-state index >= 15 is 0 Å². The molecule has 0 spiro atoms. The Morgan fingerprint density at radius 3 is 2.54 bits per heavy atom. The van der Waals surface area contributed by atoms with E-state index in [4.69, 9.17) is 4.98 Å². The maximum absolute atomic E-state index is 12.9. The van der Waals surface area contributed by atoms with Crippen LogP contribution in [-0.2, 0) is 22.6 Å². The van der Waals surface area contributed by atoms with Gasteiger partial charge in [-0.3, -0.25) is 14.4 Å². The molecule has 7 heteroatoms. The molecule has 2 fully saturated rings. The molecule has 1 aromatic rings. The van der Waals surface area contributed by atoms with E-state index < -0.39 is 0 Å². The number of amides is 2. The highest BCUT2D eigenvalue weighted by atomic mass is 16.2. The van der Waals surface area contributed by atoms with Crippen LogP contribution in [0.5, 0.6) is 0 Å². The average Bonchev–Trinajstić information content (AvgIpc) is 2.73. The van der Waals surface area contributed by atoms with E-state index in [9.17, 15) is 14.4 Å². The number of aromatic amines is 1. The third-order valence-electron chi connectivity index (χ3n) is 6.58. The summed E-state index contributed by atoms with van der Waals surface area (Å²) >= 11 is 0. The lowest BCUT2D eigenvalue weighted by atomic mass is 9.88. The van der Waals surface area contributed by atoms with Crippen molar-refractivity contribution in [2.24, 2.45) is 5.92 Å². The normalized spacial score (nSPS) is 23.4. The summed E-state index contributed by atoms with van der Waals surface area (Å²) in [5.74, 6) is 0.942. The Morgan fingerprint density at radius 1 is 1.04 bits per heavy atom. The third kappa shape index (κ3) is 3.71. The quantitative estimate of drug-likeness (QED) is 0.845. The van der Waals surface area contributed by atoms with E-state index in [-0.39, 0.29) is 29.3 Å². The third-order valence-corrected chi connectivity index (χ3v) is 6.58. The molecule has 1 saturated heterocycles. The number of rotatable bonds is 2. The zero-order valence-corrected chi connectivity index (χ0v) is 16.7. The van der Waals surface area contributed by atoms with Crippen LogP contribution in [0.2, 0.25) is 0 Å². The smallest absolute Gasteiger partial charge is 0.256 e. The Kier molecular flexibility index (Phi) is 5.51. The highest BCUT2D eigenvalue weighted by molar-refractivity contribution is 5.79. The van der Waals surface area contributed by atoms with Crippen LogP contribution < -0.4 is 5.56 Å². The maximum Gasteiger partial charge on any atom is 0.256 e. The largest absolute Gasteiger partial charge is 0.337 e. The van der Waals surface area contributed by atoms with Crippen molar-refractivity contribution in [2.45, 2.75) is 77.3 Å². The van der Waals surface area contributed by atoms with Crippen molar-refractivity contribution in [1.29, 1.82) is 0 Å². The molecule has 152 valence electrons. The number of carbonyl (C=O) groups is 2. The minimum absolute atomic E-state index is 0.0225. The summed E-state index contributed by atoms with van der Waals surface area (Å²) in [6, 6.07) is -0.147. The van der Waals surface area contributed by atoms with E-state index in [1.807, 2.05) is 9.80 Å². The first-order chi connectivity index (χ1) is 13.5. The first-order valence-electron chi connectivity index (χ1n) is 10.7. The van der Waals surface area contributed by atoms with Crippen LogP contribution in [0.3, 0.4) is 0 Å². The number of likely N-dealkylation sites (tertiary alicyclic amines) is 1. The topological polar surface area (TPSA) is 86.4 Å². The molecule has 4 rings (SSSR count). The van der Waals surface area contributed by atoms with Crippen molar-refractivity contribution in [3.05, 3.63) is 27.4 Å². The van der Waals surface area contributed by atoms with Crippen LogP contribution in [0.25, 0.3) is 0 Å². The van der Waals surface area contributed by atoms with Gasteiger partial charge in [-0.1, -0.05) is 19.3 Å². The van der Waals surface area contributed by atoms with Crippen LogP contribution in [0.15, 0.2) is 4.79 Å². The number of H-pyrrole nitrogens is 1. The molecule has 1 atom stereocenters. The van der Waals surface area contributed by atoms with Crippen LogP contribution in [0.1, 0.15) is 81.4 Å². The van der Waals surface area contributed by atoms with Gasteiger partial charge >= 0.3 is 0 Å². The fourth-order valence-corrected chi connectivity index (χ4v) is 4.99. The molecule has 3 heterocycles. The molecular weight excluding hydrogens is 356 g/mol. The van der Waals surface area contributed by atoms with E-state index in [1.165, 1.54) is 6.42 Å². The lowest BCUT2D eigenvalue weighted by Gasteiger charge is -2.35. The molecule has 0 radical (unpaired) electrons. The van der Waals surface area contributed by atoms with Gasteiger partial charge in [-0.25, -0.2) is 4.98 Å². The van der Waals surface area contributed by atoms with Crippen molar-refractivity contribution < 1.29 is 9.59 Å². The van der Waals surface area contributed by atoms with Gasteiger partial charge < -0.3 is 14.8 Å². The van der Waals surface area contributed by atoms with Gasteiger partial charge in [0, 0.05) is 32.4 Å². The second-order valence-electron chi connectivity index (χ2n) is 8.45. The molecule has 28 heavy (non-hydrogen) atoms. The number of hydrogen-bond acceptors (Lipinski definition) is 4. The van der Waals surface area contributed by atoms with Gasteiger partial charge in [0.15, 0.2) is 0 Å². The summed E-state index contributed by atoms with van der Waals surface area (Å²) < 4.78 is 0. The van der Waals surface area contributed by atoms with Gasteiger partial charge in [0.2, 0.25) is 11.8 Å². The Balaban J connectivity index is 1.54. The highest BCUT2D eigenvalue weighted by Crippen LogP contribution is 2.30. The summed E-state index contributed by atoms with van der Waals surface area (Å²) in [5, 5.41) is 0. The number of hydrogen-bond donors (Lipinski definition) is 1. The van der Waals surface area contributed by atoms with Gasteiger partial charge in [-0.15, -0.1) is 0 Å². The van der Waals surface area contributed by atoms with E-state index in [2.05, 4.69) is 4.98 Å². The molecule has 1 aliphatic carbocycles. The first kappa shape index (κ1) is 19.2. The molecule has 1 N–H and O–H groups in total. The molecular formula is C21H30N4O3. The van der Waals surface area contributed by atoms with Gasteiger partial charge in [0.1, 0.15) is 5.82 Å². The number of carbonyl (C=O) groups excluding carboxylic acids is 2. The lowest BCUT2D eigenvalue weighted by molar-refractivity contribution is -0.137. The first-order valence-corrected chi connectivity index (χ1v) is 10.7. The lowest BCUT2D eigenvalue weighted by Crippen LogP contribution is -2.44. The zero-order valence-electron chi connectivity index (χ0n) is 16.7. The average molecular weight is 386 g/mol. The van der Waals surface area contributed by atoms with Crippen molar-refractivity contribution in [3.63, 3.8) is 0 Å². The Labute approximate surface area is 165 Å². The minimum Gasteiger partial charge on any atom is -0.337 e. The van der Waals surface area contributed by atoms with Crippen molar-refractivity contribution in [3.8, 4) is 0 Å². The number of aromatic nitrogens is 2. The molecule has 1 saturated carbocycles. The molecule has 1 unspecified atom stereocenters. The summed E-state index contributed by atoms with van der Waals surface area (Å²) in [6.45, 7) is 3.27. The van der Waals surface area contributed by atoms with Gasteiger partial charge in [0.05, 0.1) is 23.8 Å². The Bertz CT molecular complexity index is 812. The summed E-state index contributed by atoms with van der Waals surface area (Å²) in [5.41, 5.74) is 1.25. The van der Waals surface area contributed by atoms with Crippen molar-refractivity contribution in [1.82, 2.24) is 19.8 Å². The number of piperidine rings is 1. The fraction of sp³-hybridized carbons (Fsp3) is 0.714. The van der Waals surface area contributed by atoms with Crippen molar-refractivity contribution in [2.75, 3.05) is 13.1 Å². The van der Waals surface area contributed by atoms with Crippen LogP contribution in [0, 0.1) is 5.92 Å². The molecule has 2 amide bonds. The second-order valence-corrected chi connectivity index (χ2v) is 8.45. The zero-order chi connectivity index (χ0) is 19.7. The van der Waals surface area contributed by atoms with E-state index in [0.29, 0.717) is 37.4 Å². The monoisotopic (exact) mass is 386 g/mol. The van der Waals surface area contributed by atoms with E-state index in [0.717, 1.165) is 50.6 Å². The molecule has 2 aliphatic heterocycles. The van der Waals surface area contributed by atoms with E-state index in [1.54, 1.807) is 6.92 Å². The second kappa shape index (κ2) is 8.05. The Morgan fingerprint density at radius 2 is 1.79 bits per heavy atom. The fourth-order valence-electron chi connectivity index (χ4n) is 4.99. The molecule has 7 nitrogen and oxygen atoms in total. The minimum atomic E-state index is -0.157. The van der Waals surface area contributed by atoms with Gasteiger partial charge in [-0.2, -0.15) is 0 Å². The summed E-state index contributed by atoms with van der Waals surface area (Å²) in [7, 11) is 0. The Hall–Kier alpha value is -2.18. The predicted molar refractivity (Wildman–Crippen MR) is 105 cm³/mol. The molecule has 0 bridgehead atoms. The van der Waals surface area contributed by atoms with Crippen LogP contribution in [0.4, 0.5) is 0 Å².